The second-order valence-corrected chi connectivity index (χ2v) is 16.1. The molecule has 0 aliphatic heterocycles. The summed E-state index contributed by atoms with van der Waals surface area (Å²) in [6, 6.07) is 62.0. The largest absolute Gasteiger partial charge is 0.467 e. The van der Waals surface area contributed by atoms with Gasteiger partial charge in [0.15, 0.2) is 0 Å². The summed E-state index contributed by atoms with van der Waals surface area (Å²) in [5, 5.41) is 3.02. The molecule has 0 spiro atoms. The summed E-state index contributed by atoms with van der Waals surface area (Å²) in [5.74, 6) is 1.44. The van der Waals surface area contributed by atoms with Crippen molar-refractivity contribution in [3.8, 4) is 0 Å². The van der Waals surface area contributed by atoms with Crippen LogP contribution in [-0.4, -0.2) is 48.0 Å². The van der Waals surface area contributed by atoms with E-state index >= 15 is 0 Å². The number of rotatable bonds is 17. The van der Waals surface area contributed by atoms with Gasteiger partial charge in [0.2, 0.25) is 5.91 Å². The average Bonchev–Trinajstić information content (AvgIpc) is 3.24. The van der Waals surface area contributed by atoms with Gasteiger partial charge in [-0.25, -0.2) is 4.79 Å². The summed E-state index contributed by atoms with van der Waals surface area (Å²) in [4.78, 5) is 26.7. The van der Waals surface area contributed by atoms with Crippen molar-refractivity contribution in [1.29, 1.82) is 0 Å². The van der Waals surface area contributed by atoms with Crippen LogP contribution >= 0.6 is 35.3 Å². The molecule has 1 N–H and O–H groups in total. The number of amides is 1. The molecule has 0 saturated carbocycles. The average molecular weight is 754 g/mol. The van der Waals surface area contributed by atoms with Crippen molar-refractivity contribution in [1.82, 2.24) is 5.32 Å². The molecule has 0 aliphatic carbocycles. The number of carbonyl (C=O) groups excluding carboxylic acids is 2. The molecule has 0 saturated heterocycles. The maximum atomic E-state index is 13.5. The summed E-state index contributed by atoms with van der Waals surface area (Å²) in [5.41, 5.74) is 6.89. The van der Waals surface area contributed by atoms with Gasteiger partial charge >= 0.3 is 5.97 Å². The van der Waals surface area contributed by atoms with Gasteiger partial charge in [0.05, 0.1) is 22.4 Å². The number of nitrogens with one attached hydrogen (secondary N) is 1. The zero-order valence-corrected chi connectivity index (χ0v) is 32.1. The topological polar surface area (TPSA) is 55.4 Å². The van der Waals surface area contributed by atoms with E-state index in [0.29, 0.717) is 5.75 Å². The Morgan fingerprint density at radius 3 is 1.15 bits per heavy atom. The Morgan fingerprint density at radius 1 is 0.509 bits per heavy atom. The minimum atomic E-state index is -0.829. The van der Waals surface area contributed by atoms with Gasteiger partial charge in [-0.3, -0.25) is 4.79 Å². The molecule has 0 bridgehead atoms. The van der Waals surface area contributed by atoms with Crippen molar-refractivity contribution in [2.45, 2.75) is 15.5 Å². The number of hydrogen-bond acceptors (Lipinski definition) is 6. The molecule has 0 aliphatic rings. The van der Waals surface area contributed by atoms with E-state index in [2.05, 4.69) is 133 Å². The van der Waals surface area contributed by atoms with Gasteiger partial charge in [-0.2, -0.15) is 11.8 Å². The predicted molar refractivity (Wildman–Crippen MR) is 225 cm³/mol. The molecule has 7 heteroatoms. The molecular formula is C46H43NO3S3. The van der Waals surface area contributed by atoms with Crippen LogP contribution in [0, 0.1) is 0 Å². The SMILES string of the molecule is COC(=O)[C@H](CSC(c1ccccc1)(c1ccccc1)c1ccccc1)NC(=O)CSCCSC(c1ccccc1)(c1ccccc1)c1ccccc1. The summed E-state index contributed by atoms with van der Waals surface area (Å²) in [6.45, 7) is 0. The molecule has 0 fully saturated rings. The maximum absolute atomic E-state index is 13.5. The van der Waals surface area contributed by atoms with E-state index in [1.807, 2.05) is 66.4 Å². The van der Waals surface area contributed by atoms with Gasteiger partial charge in [-0.15, -0.1) is 23.5 Å². The second-order valence-electron chi connectivity index (χ2n) is 12.4. The lowest BCUT2D eigenvalue weighted by atomic mass is 9.84. The normalized spacial score (nSPS) is 12.1. The monoisotopic (exact) mass is 753 g/mol. The van der Waals surface area contributed by atoms with Crippen LogP contribution in [0.5, 0.6) is 0 Å². The Kier molecular flexibility index (Phi) is 13.6. The Bertz CT molecular complexity index is 1810. The molecule has 0 radical (unpaired) electrons. The lowest BCUT2D eigenvalue weighted by molar-refractivity contribution is -0.144. The zero-order valence-electron chi connectivity index (χ0n) is 29.7. The molecule has 6 aromatic rings. The highest BCUT2D eigenvalue weighted by Crippen LogP contribution is 2.50. The van der Waals surface area contributed by atoms with Crippen LogP contribution in [-0.2, 0) is 23.8 Å². The quantitative estimate of drug-likeness (QED) is 0.0569. The summed E-state index contributed by atoms with van der Waals surface area (Å²) in [7, 11) is 1.37. The zero-order chi connectivity index (χ0) is 36.8. The minimum absolute atomic E-state index is 0.193. The fourth-order valence-corrected chi connectivity index (χ4v) is 10.7. The van der Waals surface area contributed by atoms with Crippen LogP contribution in [0.4, 0.5) is 0 Å². The summed E-state index contributed by atoms with van der Waals surface area (Å²) < 4.78 is 4.18. The molecule has 6 aromatic carbocycles. The molecule has 53 heavy (non-hydrogen) atoms. The highest BCUT2D eigenvalue weighted by molar-refractivity contribution is 8.04. The molecule has 1 atom stereocenters. The van der Waals surface area contributed by atoms with Crippen molar-refractivity contribution >= 4 is 47.2 Å². The van der Waals surface area contributed by atoms with Crippen molar-refractivity contribution in [3.63, 3.8) is 0 Å². The predicted octanol–water partition coefficient (Wildman–Crippen LogP) is 9.83. The van der Waals surface area contributed by atoms with Gasteiger partial charge in [0, 0.05) is 17.3 Å². The third-order valence-electron chi connectivity index (χ3n) is 9.15. The fraction of sp³-hybridized carbons (Fsp3) is 0.174. The molecule has 4 nitrogen and oxygen atoms in total. The molecule has 0 unspecified atom stereocenters. The van der Waals surface area contributed by atoms with E-state index in [1.165, 1.54) is 23.8 Å². The first-order chi connectivity index (χ1) is 26.1. The summed E-state index contributed by atoms with van der Waals surface area (Å²) >= 11 is 5.07. The first kappa shape index (κ1) is 38.0. The number of esters is 1. The smallest absolute Gasteiger partial charge is 0.329 e. The standard InChI is InChI=1S/C46H43NO3S3/c1-50-44(49)42(34-53-46(39-26-14-5-15-27-39,40-28-16-6-17-29-40)41-30-18-7-19-31-41)47-43(48)35-51-32-33-52-45(36-20-8-2-9-21-36,37-22-10-3-11-23-37)38-24-12-4-13-25-38/h2-31,42H,32-35H2,1H3,(H,47,48)/t42-/m0/s1. The van der Waals surface area contributed by atoms with Crippen molar-refractivity contribution in [2.75, 3.05) is 30.1 Å². The highest BCUT2D eigenvalue weighted by atomic mass is 32.2. The van der Waals surface area contributed by atoms with Crippen LogP contribution < -0.4 is 5.32 Å². The van der Waals surface area contributed by atoms with Crippen LogP contribution in [0.15, 0.2) is 182 Å². The van der Waals surface area contributed by atoms with Crippen LogP contribution in [0.1, 0.15) is 33.4 Å². The number of carbonyl (C=O) groups is 2. The Hall–Kier alpha value is -4.69. The number of benzene rings is 6. The Balaban J connectivity index is 1.16. The van der Waals surface area contributed by atoms with Crippen LogP contribution in [0.2, 0.25) is 0 Å². The van der Waals surface area contributed by atoms with Gasteiger partial charge in [-0.05, 0) is 33.4 Å². The van der Waals surface area contributed by atoms with E-state index in [9.17, 15) is 9.59 Å². The molecule has 0 aromatic heterocycles. The summed E-state index contributed by atoms with van der Waals surface area (Å²) in [6.07, 6.45) is 0. The number of methoxy groups -OCH3 is 1. The number of thioether (sulfide) groups is 3. The van der Waals surface area contributed by atoms with Gasteiger partial charge in [0.1, 0.15) is 6.04 Å². The lowest BCUT2D eigenvalue weighted by Crippen LogP contribution is -2.45. The fourth-order valence-electron chi connectivity index (χ4n) is 6.71. The van der Waals surface area contributed by atoms with Crippen LogP contribution in [0.25, 0.3) is 0 Å². The van der Waals surface area contributed by atoms with Gasteiger partial charge in [-0.1, -0.05) is 182 Å². The highest BCUT2D eigenvalue weighted by Gasteiger charge is 2.39. The molecule has 268 valence electrons. The number of ether oxygens (including phenoxy) is 1. The van der Waals surface area contributed by atoms with Gasteiger partial charge < -0.3 is 10.1 Å². The molecule has 6 rings (SSSR count). The molecular weight excluding hydrogens is 711 g/mol. The Morgan fingerprint density at radius 2 is 0.830 bits per heavy atom. The van der Waals surface area contributed by atoms with Crippen LogP contribution in [0.3, 0.4) is 0 Å². The first-order valence-corrected chi connectivity index (χ1v) is 20.8. The van der Waals surface area contributed by atoms with E-state index in [-0.39, 0.29) is 11.7 Å². The lowest BCUT2D eigenvalue weighted by Gasteiger charge is -2.36. The second kappa shape index (κ2) is 18.9. The van der Waals surface area contributed by atoms with E-state index in [1.54, 1.807) is 23.5 Å². The van der Waals surface area contributed by atoms with Crippen molar-refractivity contribution in [2.24, 2.45) is 0 Å². The van der Waals surface area contributed by atoms with Crippen molar-refractivity contribution in [3.05, 3.63) is 215 Å². The first-order valence-electron chi connectivity index (χ1n) is 17.6. The third-order valence-corrected chi connectivity index (χ3v) is 13.6. The van der Waals surface area contributed by atoms with Gasteiger partial charge in [0.25, 0.3) is 0 Å². The molecule has 1 amide bonds. The number of hydrogen-bond donors (Lipinski definition) is 1. The van der Waals surface area contributed by atoms with E-state index in [4.69, 9.17) is 4.74 Å². The van der Waals surface area contributed by atoms with Crippen molar-refractivity contribution < 1.29 is 14.3 Å². The minimum Gasteiger partial charge on any atom is -0.467 e. The maximum Gasteiger partial charge on any atom is 0.329 e. The van der Waals surface area contributed by atoms with E-state index < -0.39 is 21.5 Å². The molecule has 0 heterocycles. The third kappa shape index (κ3) is 8.93. The Labute approximate surface area is 326 Å². The van der Waals surface area contributed by atoms with E-state index in [0.717, 1.165) is 28.2 Å².